The number of pyridine rings is 1. The number of rotatable bonds is 7. The van der Waals surface area contributed by atoms with E-state index in [1.54, 1.807) is 29.4 Å². The Morgan fingerprint density at radius 3 is 2.37 bits per heavy atom. The predicted molar refractivity (Wildman–Crippen MR) is 76.0 cm³/mol. The summed E-state index contributed by atoms with van der Waals surface area (Å²) in [6.45, 7) is 0.252. The average Bonchev–Trinajstić information content (AvgIpc) is 2.25. The molecule has 0 saturated heterocycles. The Morgan fingerprint density at radius 2 is 1.89 bits per heavy atom. The van der Waals surface area contributed by atoms with Crippen LogP contribution in [0.2, 0.25) is 0 Å². The predicted octanol–water partition coefficient (Wildman–Crippen LogP) is 0.388. The molecule has 0 aromatic carbocycles. The van der Waals surface area contributed by atoms with Gasteiger partial charge in [-0.3, -0.25) is 9.54 Å². The topological polar surface area (TPSA) is 111 Å². The van der Waals surface area contributed by atoms with E-state index in [4.69, 9.17) is 4.55 Å². The Morgan fingerprint density at radius 1 is 1.32 bits per heavy atom. The van der Waals surface area contributed by atoms with Gasteiger partial charge in [0.05, 0.1) is 12.0 Å². The molecule has 0 radical (unpaired) electrons. The lowest BCUT2D eigenvalue weighted by Gasteiger charge is -2.27. The molecule has 0 aliphatic heterocycles. The molecule has 0 amide bonds. The highest BCUT2D eigenvalue weighted by atomic mass is 32.2. The second kappa shape index (κ2) is 6.49. The van der Waals surface area contributed by atoms with Gasteiger partial charge >= 0.3 is 0 Å². The lowest BCUT2D eigenvalue weighted by molar-refractivity contribution is 0.474. The molecule has 1 aromatic heterocycles. The summed E-state index contributed by atoms with van der Waals surface area (Å²) in [6, 6.07) is 3.34. The number of hydrogen-bond acceptors (Lipinski definition) is 6. The first kappa shape index (κ1) is 16.1. The summed E-state index contributed by atoms with van der Waals surface area (Å²) in [5.74, 6) is -0.381. The van der Waals surface area contributed by atoms with Crippen molar-refractivity contribution < 1.29 is 22.8 Å². The van der Waals surface area contributed by atoms with Crippen molar-refractivity contribution in [1.29, 1.82) is 0 Å². The maximum Gasteiger partial charge on any atom is 0.264 e. The summed E-state index contributed by atoms with van der Waals surface area (Å²) in [5.41, 5.74) is 0.682. The quantitative estimate of drug-likeness (QED) is 0.493. The third kappa shape index (κ3) is 7.29. The van der Waals surface area contributed by atoms with Crippen LogP contribution in [-0.4, -0.2) is 52.6 Å². The van der Waals surface area contributed by atoms with E-state index in [9.17, 15) is 18.2 Å². The van der Waals surface area contributed by atoms with Crippen molar-refractivity contribution in [3.63, 3.8) is 0 Å². The van der Waals surface area contributed by atoms with Crippen LogP contribution in [0, 0.1) is 0 Å². The highest BCUT2D eigenvalue weighted by molar-refractivity contribution is 7.85. The Labute approximate surface area is 112 Å². The fourth-order valence-electron chi connectivity index (χ4n) is 1.55. The molecule has 0 unspecified atom stereocenters. The molecule has 0 aliphatic rings. The summed E-state index contributed by atoms with van der Waals surface area (Å²) in [4.78, 5) is 24.3. The maximum atomic E-state index is 10.7. The van der Waals surface area contributed by atoms with E-state index in [2.05, 4.69) is 11.3 Å². The second-order valence-electron chi connectivity index (χ2n) is 4.13. The fraction of sp³-hybridized carbons (Fsp3) is 0.400. The van der Waals surface area contributed by atoms with E-state index in [-0.39, 0.29) is 25.0 Å². The van der Waals surface area contributed by atoms with Gasteiger partial charge in [0.1, 0.15) is 7.34 Å². The lowest BCUT2D eigenvalue weighted by Crippen LogP contribution is -2.27. The van der Waals surface area contributed by atoms with Gasteiger partial charge in [0.2, 0.25) is 0 Å². The van der Waals surface area contributed by atoms with Crippen molar-refractivity contribution >= 4 is 29.4 Å². The zero-order valence-corrected chi connectivity index (χ0v) is 12.0. The molecule has 3 N–H and O–H groups in total. The highest BCUT2D eigenvalue weighted by Gasteiger charge is 2.15. The van der Waals surface area contributed by atoms with Gasteiger partial charge in [-0.2, -0.15) is 8.42 Å². The number of hydrogen-bond donors (Lipinski definition) is 3. The Balaban J connectivity index is 2.74. The van der Waals surface area contributed by atoms with E-state index in [1.807, 2.05) is 0 Å². The average molecular weight is 308 g/mol. The van der Waals surface area contributed by atoms with E-state index in [1.165, 1.54) is 0 Å². The van der Waals surface area contributed by atoms with Crippen molar-refractivity contribution in [3.05, 3.63) is 24.5 Å². The highest BCUT2D eigenvalue weighted by Crippen LogP contribution is 2.36. The Kier molecular flexibility index (Phi) is 5.51. The minimum absolute atomic E-state index is 0.0809. The molecule has 1 rings (SSSR count). The van der Waals surface area contributed by atoms with Crippen molar-refractivity contribution in [2.24, 2.45) is 0 Å². The molecule has 0 spiro atoms. The zero-order chi connectivity index (χ0) is 14.5. The molecule has 19 heavy (non-hydrogen) atoms. The maximum absolute atomic E-state index is 10.7. The molecule has 1 heterocycles. The fourth-order valence-corrected chi connectivity index (χ4v) is 2.89. The third-order valence-corrected chi connectivity index (χ3v) is 3.85. The smallest absolute Gasteiger partial charge is 0.264 e. The molecule has 0 aliphatic carbocycles. The van der Waals surface area contributed by atoms with Crippen LogP contribution >= 0.6 is 7.34 Å². The van der Waals surface area contributed by atoms with E-state index < -0.39 is 17.5 Å². The Hall–Kier alpha value is -0.920. The third-order valence-electron chi connectivity index (χ3n) is 2.26. The Bertz CT molecular complexity index is 542. The second-order valence-corrected chi connectivity index (χ2v) is 7.74. The largest absolute Gasteiger partial charge is 0.363 e. The van der Waals surface area contributed by atoms with Gasteiger partial charge in [0.25, 0.3) is 10.1 Å². The SMILES string of the molecule is C=P(O)(O)CN(CCCS(=O)(=O)O)c1ccncc1. The van der Waals surface area contributed by atoms with Crippen molar-refractivity contribution in [3.8, 4) is 0 Å². The van der Waals surface area contributed by atoms with Crippen LogP contribution in [-0.2, 0) is 10.1 Å². The van der Waals surface area contributed by atoms with Gasteiger partial charge in [-0.15, -0.1) is 0 Å². The minimum atomic E-state index is -4.02. The molecular weight excluding hydrogens is 291 g/mol. The molecular formula is C10H17N2O5PS. The van der Waals surface area contributed by atoms with Crippen LogP contribution in [0.3, 0.4) is 0 Å². The number of nitrogens with zero attached hydrogens (tertiary/aromatic N) is 2. The van der Waals surface area contributed by atoms with Crippen LogP contribution in [0.1, 0.15) is 6.42 Å². The van der Waals surface area contributed by atoms with Gasteiger partial charge < -0.3 is 14.7 Å². The normalized spacial score (nSPS) is 12.4. The van der Waals surface area contributed by atoms with Crippen LogP contribution in [0.25, 0.3) is 0 Å². The van der Waals surface area contributed by atoms with Crippen LogP contribution in [0.15, 0.2) is 24.5 Å². The summed E-state index contributed by atoms with van der Waals surface area (Å²) in [7, 11) is -7.29. The van der Waals surface area contributed by atoms with Crippen LogP contribution in [0.4, 0.5) is 5.69 Å². The molecule has 0 saturated carbocycles. The van der Waals surface area contributed by atoms with E-state index in [0.717, 1.165) is 0 Å². The lowest BCUT2D eigenvalue weighted by atomic mass is 10.3. The van der Waals surface area contributed by atoms with E-state index >= 15 is 0 Å². The van der Waals surface area contributed by atoms with Crippen molar-refractivity contribution in [1.82, 2.24) is 4.98 Å². The first-order chi connectivity index (χ1) is 8.67. The van der Waals surface area contributed by atoms with Gasteiger partial charge in [-0.1, -0.05) is 6.30 Å². The minimum Gasteiger partial charge on any atom is -0.363 e. The summed E-state index contributed by atoms with van der Waals surface area (Å²) in [6.07, 6.45) is 6.47. The molecule has 0 fully saturated rings. The van der Waals surface area contributed by atoms with Crippen molar-refractivity contribution in [2.75, 3.05) is 23.5 Å². The summed E-state index contributed by atoms with van der Waals surface area (Å²) < 4.78 is 30.0. The molecule has 9 heteroatoms. The number of aromatic nitrogens is 1. The molecule has 1 aromatic rings. The van der Waals surface area contributed by atoms with Gasteiger partial charge in [-0.05, 0) is 18.6 Å². The van der Waals surface area contributed by atoms with Gasteiger partial charge in [0, 0.05) is 24.6 Å². The molecule has 0 bridgehead atoms. The molecule has 108 valence electrons. The zero-order valence-electron chi connectivity index (χ0n) is 10.3. The van der Waals surface area contributed by atoms with E-state index in [0.29, 0.717) is 5.69 Å². The van der Waals surface area contributed by atoms with Gasteiger partial charge in [-0.25, -0.2) is 0 Å². The standard InChI is InChI=1S/C10H17N2O5PS/c1-18(13,14)9-12(7-2-8-19(15,16)17)10-3-5-11-6-4-10/h3-6,13-14H,1-2,7-9H2,(H,15,16,17). The number of anilines is 1. The molecule has 7 nitrogen and oxygen atoms in total. The molecule has 0 atom stereocenters. The van der Waals surface area contributed by atoms with Crippen LogP contribution < -0.4 is 4.90 Å². The monoisotopic (exact) mass is 308 g/mol. The van der Waals surface area contributed by atoms with Crippen LogP contribution in [0.5, 0.6) is 0 Å². The summed E-state index contributed by atoms with van der Waals surface area (Å²) in [5, 5.41) is 0. The first-order valence-corrected chi connectivity index (χ1v) is 9.13. The summed E-state index contributed by atoms with van der Waals surface area (Å²) >= 11 is 0. The first-order valence-electron chi connectivity index (χ1n) is 5.45. The van der Waals surface area contributed by atoms with Gasteiger partial charge in [0.15, 0.2) is 0 Å². The van der Waals surface area contributed by atoms with Crippen molar-refractivity contribution in [2.45, 2.75) is 6.42 Å².